The summed E-state index contributed by atoms with van der Waals surface area (Å²) in [5.74, 6) is 1.90. The van der Waals surface area contributed by atoms with Crippen molar-refractivity contribution in [2.75, 3.05) is 6.66 Å². The van der Waals surface area contributed by atoms with Gasteiger partial charge < -0.3 is 8.85 Å². The predicted octanol–water partition coefficient (Wildman–Crippen LogP) is 3.75. The molecule has 1 aliphatic heterocycles. The summed E-state index contributed by atoms with van der Waals surface area (Å²) < 4.78 is 11.6. The quantitative estimate of drug-likeness (QED) is 0.461. The lowest BCUT2D eigenvalue weighted by Crippen LogP contribution is -2.23. The van der Waals surface area contributed by atoms with Crippen molar-refractivity contribution >= 4 is 18.5 Å². The van der Waals surface area contributed by atoms with Crippen LogP contribution in [0.3, 0.4) is 0 Å². The smallest absolute Gasteiger partial charge is 0.444 e. The lowest BCUT2D eigenvalue weighted by molar-refractivity contribution is 0.489. The van der Waals surface area contributed by atoms with Gasteiger partial charge in [-0.05, 0) is 18.6 Å². The molecule has 0 aliphatic carbocycles. The molecule has 1 aliphatic rings. The Morgan fingerprint density at radius 3 is 2.12 bits per heavy atom. The molecule has 0 bridgehead atoms. The van der Waals surface area contributed by atoms with E-state index in [2.05, 4.69) is 16.2 Å². The van der Waals surface area contributed by atoms with Gasteiger partial charge in [-0.15, -0.1) is 9.24 Å². The largest absolute Gasteiger partial charge is 0.511 e. The zero-order valence-electron chi connectivity index (χ0n) is 10.8. The van der Waals surface area contributed by atoms with Gasteiger partial charge in [0, 0.05) is 6.04 Å². The number of para-hydroxylation sites is 2. The van der Waals surface area contributed by atoms with Crippen LogP contribution >= 0.6 is 9.24 Å². The minimum absolute atomic E-state index is 0.949. The standard InChI is InChI=1S/C12H18O2Si.CH5P/c1-2-3-4-7-10-15-13-11-8-5-6-9-12(11)14-15;1-2/h5-6,8-9,15H,2-4,7,10H2,1H3;2H2,1H3. The third kappa shape index (κ3) is 4.69. The van der Waals surface area contributed by atoms with Gasteiger partial charge in [0.1, 0.15) is 11.5 Å². The van der Waals surface area contributed by atoms with Crippen LogP contribution in [0.15, 0.2) is 24.3 Å². The summed E-state index contributed by atoms with van der Waals surface area (Å²) in [6, 6.07) is 9.11. The normalized spacial score (nSPS) is 13.1. The summed E-state index contributed by atoms with van der Waals surface area (Å²) in [6.07, 6.45) is 5.17. The Kier molecular flexibility index (Phi) is 7.30. The Morgan fingerprint density at radius 2 is 1.59 bits per heavy atom. The Labute approximate surface area is 109 Å². The molecule has 96 valence electrons. The number of rotatable bonds is 5. The second kappa shape index (κ2) is 8.54. The highest BCUT2D eigenvalue weighted by molar-refractivity contribution is 7.15. The molecule has 0 aromatic heterocycles. The van der Waals surface area contributed by atoms with E-state index in [1.165, 1.54) is 25.7 Å². The van der Waals surface area contributed by atoms with E-state index in [0.29, 0.717) is 0 Å². The second-order valence-corrected chi connectivity index (χ2v) is 5.87. The van der Waals surface area contributed by atoms with Crippen molar-refractivity contribution in [1.82, 2.24) is 0 Å². The van der Waals surface area contributed by atoms with Crippen LogP contribution in [0.2, 0.25) is 6.04 Å². The van der Waals surface area contributed by atoms with Gasteiger partial charge in [-0.25, -0.2) is 0 Å². The Bertz CT molecular complexity index is 295. The molecule has 2 rings (SSSR count). The SMILES string of the molecule is CCCCCC[SiH]1Oc2ccccc2O1.CP. The van der Waals surface area contributed by atoms with Gasteiger partial charge in [-0.1, -0.05) is 45.0 Å². The molecule has 1 unspecified atom stereocenters. The first-order valence-electron chi connectivity index (χ1n) is 6.40. The first-order chi connectivity index (χ1) is 8.40. The summed E-state index contributed by atoms with van der Waals surface area (Å²) in [7, 11) is 1.01. The van der Waals surface area contributed by atoms with Gasteiger partial charge in [0.05, 0.1) is 0 Å². The molecule has 4 heteroatoms. The predicted molar refractivity (Wildman–Crippen MR) is 79.4 cm³/mol. The monoisotopic (exact) mass is 270 g/mol. The highest BCUT2D eigenvalue weighted by Crippen LogP contribution is 2.33. The highest BCUT2D eigenvalue weighted by atomic mass is 31.0. The van der Waals surface area contributed by atoms with Crippen molar-refractivity contribution in [2.45, 2.75) is 38.7 Å². The summed E-state index contributed by atoms with van der Waals surface area (Å²) in [4.78, 5) is 0. The molecular weight excluding hydrogens is 247 g/mol. The van der Waals surface area contributed by atoms with Crippen LogP contribution in [-0.2, 0) is 0 Å². The van der Waals surface area contributed by atoms with Crippen molar-refractivity contribution in [3.8, 4) is 11.5 Å². The van der Waals surface area contributed by atoms with E-state index in [-0.39, 0.29) is 0 Å². The number of hydrogen-bond acceptors (Lipinski definition) is 2. The highest BCUT2D eigenvalue weighted by Gasteiger charge is 2.25. The molecule has 0 saturated carbocycles. The van der Waals surface area contributed by atoms with E-state index in [1.807, 2.05) is 30.9 Å². The van der Waals surface area contributed by atoms with Crippen molar-refractivity contribution in [3.63, 3.8) is 0 Å². The maximum absolute atomic E-state index is 5.80. The Morgan fingerprint density at radius 1 is 1.00 bits per heavy atom. The van der Waals surface area contributed by atoms with Crippen LogP contribution < -0.4 is 8.85 Å². The van der Waals surface area contributed by atoms with Crippen molar-refractivity contribution in [3.05, 3.63) is 24.3 Å². The minimum atomic E-state index is -1.41. The van der Waals surface area contributed by atoms with Gasteiger partial charge in [0.25, 0.3) is 0 Å². The molecule has 0 amide bonds. The number of benzene rings is 1. The van der Waals surface area contributed by atoms with Gasteiger partial charge in [0.15, 0.2) is 0 Å². The van der Waals surface area contributed by atoms with Gasteiger partial charge in [0.2, 0.25) is 0 Å². The van der Waals surface area contributed by atoms with E-state index in [9.17, 15) is 0 Å². The van der Waals surface area contributed by atoms with Crippen molar-refractivity contribution in [2.24, 2.45) is 0 Å². The molecular formula is C13H23O2PSi. The maximum atomic E-state index is 5.80. The Hall–Kier alpha value is -0.533. The molecule has 17 heavy (non-hydrogen) atoms. The molecule has 2 nitrogen and oxygen atoms in total. The van der Waals surface area contributed by atoms with Crippen LogP contribution in [0, 0.1) is 0 Å². The van der Waals surface area contributed by atoms with Crippen molar-refractivity contribution in [1.29, 1.82) is 0 Å². The van der Waals surface area contributed by atoms with E-state index >= 15 is 0 Å². The summed E-state index contributed by atoms with van der Waals surface area (Å²) in [5, 5.41) is 0. The maximum Gasteiger partial charge on any atom is 0.444 e. The third-order valence-electron chi connectivity index (χ3n) is 2.66. The topological polar surface area (TPSA) is 18.5 Å². The molecule has 0 N–H and O–H groups in total. The van der Waals surface area contributed by atoms with E-state index in [1.54, 1.807) is 0 Å². The fraction of sp³-hybridized carbons (Fsp3) is 0.538. The first kappa shape index (κ1) is 14.5. The molecule has 0 saturated heterocycles. The molecule has 0 radical (unpaired) electrons. The third-order valence-corrected chi connectivity index (χ3v) is 4.57. The van der Waals surface area contributed by atoms with Crippen molar-refractivity contribution < 1.29 is 8.85 Å². The Balaban J connectivity index is 0.000000686. The van der Waals surface area contributed by atoms with Crippen LogP contribution in [0.1, 0.15) is 32.6 Å². The summed E-state index contributed by atoms with van der Waals surface area (Å²) in [5.41, 5.74) is 0. The fourth-order valence-electron chi connectivity index (χ4n) is 1.81. The lowest BCUT2D eigenvalue weighted by atomic mass is 10.2. The molecule has 0 spiro atoms. The molecule has 1 aromatic carbocycles. The second-order valence-electron chi connectivity index (χ2n) is 3.96. The molecule has 0 fully saturated rings. The molecule has 1 heterocycles. The van der Waals surface area contributed by atoms with Crippen LogP contribution in [0.25, 0.3) is 0 Å². The lowest BCUT2D eigenvalue weighted by Gasteiger charge is -2.06. The van der Waals surface area contributed by atoms with Gasteiger partial charge in [-0.3, -0.25) is 0 Å². The van der Waals surface area contributed by atoms with Crippen LogP contribution in [0.4, 0.5) is 0 Å². The zero-order chi connectivity index (χ0) is 12.5. The minimum Gasteiger partial charge on any atom is -0.511 e. The van der Waals surface area contributed by atoms with E-state index in [4.69, 9.17) is 8.85 Å². The molecule has 1 aromatic rings. The first-order valence-corrected chi connectivity index (χ1v) is 9.31. The van der Waals surface area contributed by atoms with Gasteiger partial charge >= 0.3 is 9.28 Å². The van der Waals surface area contributed by atoms with Crippen LogP contribution in [-0.4, -0.2) is 15.9 Å². The molecule has 1 atom stereocenters. The fourth-order valence-corrected chi connectivity index (χ4v) is 3.67. The summed E-state index contributed by atoms with van der Waals surface area (Å²) in [6.45, 7) is 4.15. The zero-order valence-corrected chi connectivity index (χ0v) is 13.1. The summed E-state index contributed by atoms with van der Waals surface area (Å²) >= 11 is 0. The van der Waals surface area contributed by atoms with Crippen LogP contribution in [0.5, 0.6) is 11.5 Å². The number of fused-ring (bicyclic) bond motifs is 1. The average molecular weight is 270 g/mol. The van der Waals surface area contributed by atoms with E-state index < -0.39 is 9.28 Å². The number of unbranched alkanes of at least 4 members (excludes halogenated alkanes) is 3. The number of hydrogen-bond donors (Lipinski definition) is 0. The van der Waals surface area contributed by atoms with E-state index in [0.717, 1.165) is 17.5 Å². The average Bonchev–Trinajstić information content (AvgIpc) is 2.80. The van der Waals surface area contributed by atoms with Gasteiger partial charge in [-0.2, -0.15) is 0 Å².